The monoisotopic (exact) mass is 364 g/mol. The zero-order chi connectivity index (χ0) is 19.4. The quantitative estimate of drug-likeness (QED) is 0.683. The number of para-hydroxylation sites is 1. The number of anilines is 3. The van der Waals surface area contributed by atoms with Gasteiger partial charge in [0, 0.05) is 17.1 Å². The number of nitrogens with zero attached hydrogens (tertiary/aromatic N) is 2. The molecule has 0 fully saturated rings. The lowest BCUT2D eigenvalue weighted by Gasteiger charge is -2.13. The van der Waals surface area contributed by atoms with Gasteiger partial charge in [-0.15, -0.1) is 0 Å². The fourth-order valence-corrected chi connectivity index (χ4v) is 2.82. The minimum atomic E-state index is -0.364. The molecule has 0 unspecified atom stereocenters. The number of halogens is 1. The van der Waals surface area contributed by atoms with E-state index in [0.29, 0.717) is 11.4 Å². The smallest absolute Gasteiger partial charge is 0.274 e. The number of hydrogen-bond acceptors (Lipinski definition) is 4. The van der Waals surface area contributed by atoms with E-state index in [1.54, 1.807) is 25.1 Å². The molecule has 6 heteroatoms. The van der Waals surface area contributed by atoms with Crippen LogP contribution < -0.4 is 10.6 Å². The van der Waals surface area contributed by atoms with Gasteiger partial charge in [-0.25, -0.2) is 14.4 Å². The van der Waals surface area contributed by atoms with Crippen LogP contribution in [0.4, 0.5) is 21.7 Å². The number of aromatic nitrogens is 2. The Bertz CT molecular complexity index is 988. The van der Waals surface area contributed by atoms with E-state index in [-0.39, 0.29) is 23.4 Å². The molecule has 0 radical (unpaired) electrons. The van der Waals surface area contributed by atoms with Gasteiger partial charge in [0.05, 0.1) is 0 Å². The lowest BCUT2D eigenvalue weighted by molar-refractivity contribution is 0.102. The molecule has 0 aliphatic heterocycles. The molecule has 27 heavy (non-hydrogen) atoms. The van der Waals surface area contributed by atoms with Crippen molar-refractivity contribution in [2.75, 3.05) is 10.6 Å². The summed E-state index contributed by atoms with van der Waals surface area (Å²) in [4.78, 5) is 21.3. The van der Waals surface area contributed by atoms with Crippen molar-refractivity contribution >= 4 is 23.2 Å². The Morgan fingerprint density at radius 1 is 1.07 bits per heavy atom. The highest BCUT2D eigenvalue weighted by Gasteiger charge is 2.14. The number of aryl methyl sites for hydroxylation is 3. The number of amides is 1. The number of carbonyl (C=O) groups excluding carboxylic acids is 1. The summed E-state index contributed by atoms with van der Waals surface area (Å²) in [7, 11) is 0. The molecule has 2 aromatic carbocycles. The molecule has 3 aromatic rings. The van der Waals surface area contributed by atoms with E-state index in [4.69, 9.17) is 0 Å². The number of carbonyl (C=O) groups is 1. The molecule has 5 nitrogen and oxygen atoms in total. The van der Waals surface area contributed by atoms with E-state index in [1.165, 1.54) is 12.1 Å². The van der Waals surface area contributed by atoms with Gasteiger partial charge in [-0.3, -0.25) is 4.79 Å². The molecule has 1 amide bonds. The largest absolute Gasteiger partial charge is 0.324 e. The number of nitrogens with one attached hydrogen (secondary N) is 2. The fraction of sp³-hybridized carbons (Fsp3) is 0.190. The first-order valence-corrected chi connectivity index (χ1v) is 8.74. The Balaban J connectivity index is 1.87. The maximum atomic E-state index is 13.4. The summed E-state index contributed by atoms with van der Waals surface area (Å²) in [6.45, 7) is 5.78. The highest BCUT2D eigenvalue weighted by Crippen LogP contribution is 2.22. The first-order chi connectivity index (χ1) is 13.0. The normalized spacial score (nSPS) is 10.5. The average Bonchev–Trinajstić information content (AvgIpc) is 2.62. The van der Waals surface area contributed by atoms with Gasteiger partial charge in [-0.05, 0) is 55.7 Å². The molecule has 0 aliphatic carbocycles. The zero-order valence-corrected chi connectivity index (χ0v) is 15.5. The van der Waals surface area contributed by atoms with Gasteiger partial charge in [-0.1, -0.05) is 31.2 Å². The average molecular weight is 364 g/mol. The maximum Gasteiger partial charge on any atom is 0.274 e. The minimum Gasteiger partial charge on any atom is -0.324 e. The summed E-state index contributed by atoms with van der Waals surface area (Å²) in [6, 6.07) is 13.5. The summed E-state index contributed by atoms with van der Waals surface area (Å²) in [6.07, 6.45) is 0.812. The standard InChI is InChI=1S/C21H21FN4O/c1-4-15-8-5-7-13(2)19(15)26-20(27)18-11-14(3)23-21(25-18)24-17-10-6-9-16(22)12-17/h5-12H,4H2,1-3H3,(H,26,27)(H,23,24,25). The Morgan fingerprint density at radius 2 is 1.85 bits per heavy atom. The molecule has 0 atom stereocenters. The molecule has 0 aliphatic rings. The van der Waals surface area contributed by atoms with Gasteiger partial charge in [0.15, 0.2) is 0 Å². The van der Waals surface area contributed by atoms with Crippen molar-refractivity contribution in [2.45, 2.75) is 27.2 Å². The van der Waals surface area contributed by atoms with Crippen molar-refractivity contribution in [2.24, 2.45) is 0 Å². The molecule has 0 bridgehead atoms. The van der Waals surface area contributed by atoms with Crippen molar-refractivity contribution in [1.29, 1.82) is 0 Å². The molecule has 2 N–H and O–H groups in total. The maximum absolute atomic E-state index is 13.4. The van der Waals surface area contributed by atoms with Gasteiger partial charge < -0.3 is 10.6 Å². The van der Waals surface area contributed by atoms with Crippen LogP contribution in [0.3, 0.4) is 0 Å². The highest BCUT2D eigenvalue weighted by atomic mass is 19.1. The van der Waals surface area contributed by atoms with Crippen molar-refractivity contribution in [1.82, 2.24) is 9.97 Å². The lowest BCUT2D eigenvalue weighted by atomic mass is 10.1. The second kappa shape index (κ2) is 7.95. The van der Waals surface area contributed by atoms with Crippen LogP contribution >= 0.6 is 0 Å². The third kappa shape index (κ3) is 4.47. The summed E-state index contributed by atoms with van der Waals surface area (Å²) in [5.74, 6) is -0.435. The van der Waals surface area contributed by atoms with E-state index >= 15 is 0 Å². The molecule has 138 valence electrons. The molecular weight excluding hydrogens is 343 g/mol. The summed E-state index contributed by atoms with van der Waals surface area (Å²) in [5, 5.41) is 5.89. The first-order valence-electron chi connectivity index (χ1n) is 8.74. The van der Waals surface area contributed by atoms with E-state index < -0.39 is 0 Å². The lowest BCUT2D eigenvalue weighted by Crippen LogP contribution is -2.17. The van der Waals surface area contributed by atoms with Crippen molar-refractivity contribution in [3.8, 4) is 0 Å². The fourth-order valence-electron chi connectivity index (χ4n) is 2.82. The van der Waals surface area contributed by atoms with E-state index in [9.17, 15) is 9.18 Å². The summed E-state index contributed by atoms with van der Waals surface area (Å²) >= 11 is 0. The zero-order valence-electron chi connectivity index (χ0n) is 15.5. The van der Waals surface area contributed by atoms with E-state index in [2.05, 4.69) is 20.6 Å². The Kier molecular flexibility index (Phi) is 5.45. The minimum absolute atomic E-state index is 0.242. The van der Waals surface area contributed by atoms with Gasteiger partial charge in [0.1, 0.15) is 11.5 Å². The van der Waals surface area contributed by atoms with Crippen LogP contribution in [0.15, 0.2) is 48.5 Å². The second-order valence-electron chi connectivity index (χ2n) is 6.27. The Hall–Kier alpha value is -3.28. The molecule has 1 aromatic heterocycles. The SMILES string of the molecule is CCc1cccc(C)c1NC(=O)c1cc(C)nc(Nc2cccc(F)c2)n1. The topological polar surface area (TPSA) is 66.9 Å². The Morgan fingerprint density at radius 3 is 2.59 bits per heavy atom. The molecule has 0 spiro atoms. The number of benzene rings is 2. The second-order valence-corrected chi connectivity index (χ2v) is 6.27. The van der Waals surface area contributed by atoms with Crippen LogP contribution in [-0.4, -0.2) is 15.9 Å². The highest BCUT2D eigenvalue weighted by molar-refractivity contribution is 6.04. The van der Waals surface area contributed by atoms with E-state index in [0.717, 1.165) is 23.2 Å². The molecular formula is C21H21FN4O. The summed E-state index contributed by atoms with van der Waals surface area (Å²) < 4.78 is 13.4. The van der Waals surface area contributed by atoms with Crippen LogP contribution in [0.1, 0.15) is 34.2 Å². The van der Waals surface area contributed by atoms with Gasteiger partial charge >= 0.3 is 0 Å². The number of rotatable bonds is 5. The predicted octanol–water partition coefficient (Wildman–Crippen LogP) is 4.79. The van der Waals surface area contributed by atoms with Crippen molar-refractivity contribution in [3.63, 3.8) is 0 Å². The number of hydrogen-bond donors (Lipinski definition) is 2. The van der Waals surface area contributed by atoms with Crippen molar-refractivity contribution in [3.05, 3.63) is 76.9 Å². The molecule has 3 rings (SSSR count). The first kappa shape index (κ1) is 18.5. The van der Waals surface area contributed by atoms with Crippen LogP contribution in [-0.2, 0) is 6.42 Å². The van der Waals surface area contributed by atoms with Crippen LogP contribution in [0.25, 0.3) is 0 Å². The molecule has 0 saturated carbocycles. The van der Waals surface area contributed by atoms with Crippen LogP contribution in [0.5, 0.6) is 0 Å². The third-order valence-corrected chi connectivity index (χ3v) is 4.15. The van der Waals surface area contributed by atoms with Crippen molar-refractivity contribution < 1.29 is 9.18 Å². The Labute approximate surface area is 157 Å². The van der Waals surface area contributed by atoms with Crippen LogP contribution in [0.2, 0.25) is 0 Å². The van der Waals surface area contributed by atoms with Gasteiger partial charge in [-0.2, -0.15) is 0 Å². The van der Waals surface area contributed by atoms with E-state index in [1.807, 2.05) is 32.0 Å². The third-order valence-electron chi connectivity index (χ3n) is 4.15. The predicted molar refractivity (Wildman–Crippen MR) is 105 cm³/mol. The van der Waals surface area contributed by atoms with Crippen LogP contribution in [0, 0.1) is 19.7 Å². The summed E-state index contributed by atoms with van der Waals surface area (Å²) in [5.41, 5.74) is 4.25. The van der Waals surface area contributed by atoms with Gasteiger partial charge in [0.25, 0.3) is 5.91 Å². The molecule has 0 saturated heterocycles. The van der Waals surface area contributed by atoms with Gasteiger partial charge in [0.2, 0.25) is 5.95 Å². The molecule has 1 heterocycles.